The highest BCUT2D eigenvalue weighted by Gasteiger charge is 2.47. The van der Waals surface area contributed by atoms with E-state index in [1.54, 1.807) is 29.2 Å². The first kappa shape index (κ1) is 17.7. The van der Waals surface area contributed by atoms with E-state index in [1.807, 2.05) is 0 Å². The number of carbonyl (C=O) groups is 3. The zero-order valence-electron chi connectivity index (χ0n) is 13.8. The number of carbonyl (C=O) groups excluding carboxylic acids is 2. The van der Waals surface area contributed by atoms with Gasteiger partial charge in [0.05, 0.1) is 0 Å². The molecule has 1 aromatic rings. The standard InChI is InChI=1S/C18H21ClN2O4/c19-13-7-5-11(6-8-13)18(25)21-14-4-2-1-3-12(14)9-15(21)17(24)20-10-16(22)23/h5-8,12,14-15H,1-4,9-10H2,(H,20,24)(H,22,23). The molecule has 0 bridgehead atoms. The van der Waals surface area contributed by atoms with Crippen LogP contribution in [0.15, 0.2) is 24.3 Å². The summed E-state index contributed by atoms with van der Waals surface area (Å²) in [7, 11) is 0. The van der Waals surface area contributed by atoms with Crippen LogP contribution in [0.2, 0.25) is 5.02 Å². The van der Waals surface area contributed by atoms with Crippen molar-refractivity contribution in [3.05, 3.63) is 34.9 Å². The third-order valence-corrected chi connectivity index (χ3v) is 5.38. The Morgan fingerprint density at radius 1 is 1.16 bits per heavy atom. The van der Waals surface area contributed by atoms with Crippen molar-refractivity contribution in [2.75, 3.05) is 6.54 Å². The molecule has 3 rings (SSSR count). The van der Waals surface area contributed by atoms with Crippen LogP contribution >= 0.6 is 11.6 Å². The van der Waals surface area contributed by atoms with Crippen molar-refractivity contribution in [2.45, 2.75) is 44.2 Å². The summed E-state index contributed by atoms with van der Waals surface area (Å²) in [5.74, 6) is -1.38. The molecule has 1 aliphatic heterocycles. The van der Waals surface area contributed by atoms with Crippen LogP contribution in [0.1, 0.15) is 42.5 Å². The van der Waals surface area contributed by atoms with E-state index in [9.17, 15) is 14.4 Å². The molecular weight excluding hydrogens is 344 g/mol. The number of rotatable bonds is 4. The minimum atomic E-state index is -1.10. The van der Waals surface area contributed by atoms with Crippen molar-refractivity contribution in [1.29, 1.82) is 0 Å². The van der Waals surface area contributed by atoms with Crippen molar-refractivity contribution < 1.29 is 19.5 Å². The number of nitrogens with one attached hydrogen (secondary N) is 1. The Labute approximate surface area is 151 Å². The summed E-state index contributed by atoms with van der Waals surface area (Å²) in [5, 5.41) is 11.8. The van der Waals surface area contributed by atoms with Crippen molar-refractivity contribution in [3.63, 3.8) is 0 Å². The van der Waals surface area contributed by atoms with Crippen LogP contribution in [0.4, 0.5) is 0 Å². The quantitative estimate of drug-likeness (QED) is 0.858. The van der Waals surface area contributed by atoms with E-state index in [4.69, 9.17) is 16.7 Å². The molecule has 2 fully saturated rings. The van der Waals surface area contributed by atoms with E-state index in [2.05, 4.69) is 5.32 Å². The molecule has 1 saturated heterocycles. The van der Waals surface area contributed by atoms with Crippen LogP contribution in [-0.4, -0.2) is 46.4 Å². The van der Waals surface area contributed by atoms with Crippen LogP contribution in [0.5, 0.6) is 0 Å². The van der Waals surface area contributed by atoms with E-state index in [0.717, 1.165) is 25.7 Å². The number of carboxylic acids is 1. The van der Waals surface area contributed by atoms with Gasteiger partial charge in [0.1, 0.15) is 12.6 Å². The molecule has 1 aromatic carbocycles. The van der Waals surface area contributed by atoms with Gasteiger partial charge in [-0.3, -0.25) is 14.4 Å². The Balaban J connectivity index is 1.84. The predicted octanol–water partition coefficient (Wildman–Crippen LogP) is 2.31. The van der Waals surface area contributed by atoms with Gasteiger partial charge in [-0.15, -0.1) is 0 Å². The Kier molecular flexibility index (Phi) is 5.27. The second kappa shape index (κ2) is 7.44. The number of likely N-dealkylation sites (tertiary alicyclic amines) is 1. The van der Waals surface area contributed by atoms with Crippen molar-refractivity contribution in [3.8, 4) is 0 Å². The number of fused-ring (bicyclic) bond motifs is 1. The Bertz CT molecular complexity index is 676. The minimum absolute atomic E-state index is 0.0394. The highest BCUT2D eigenvalue weighted by molar-refractivity contribution is 6.30. The molecule has 2 N–H and O–H groups in total. The SMILES string of the molecule is O=C(O)CNC(=O)C1CC2CCCCC2N1C(=O)c1ccc(Cl)cc1. The van der Waals surface area contributed by atoms with Gasteiger partial charge in [0.25, 0.3) is 5.91 Å². The van der Waals surface area contributed by atoms with E-state index in [1.165, 1.54) is 0 Å². The Hall–Kier alpha value is -2.08. The number of amides is 2. The predicted molar refractivity (Wildman–Crippen MR) is 92.4 cm³/mol. The lowest BCUT2D eigenvalue weighted by Gasteiger charge is -2.33. The minimum Gasteiger partial charge on any atom is -0.480 e. The van der Waals surface area contributed by atoms with Gasteiger partial charge >= 0.3 is 5.97 Å². The molecule has 3 atom stereocenters. The molecule has 134 valence electrons. The second-order valence-corrected chi connectivity index (χ2v) is 7.13. The van der Waals surface area contributed by atoms with Crippen molar-refractivity contribution in [1.82, 2.24) is 10.2 Å². The zero-order chi connectivity index (χ0) is 18.0. The number of benzene rings is 1. The average molecular weight is 365 g/mol. The highest BCUT2D eigenvalue weighted by Crippen LogP contribution is 2.40. The third kappa shape index (κ3) is 3.79. The summed E-state index contributed by atoms with van der Waals surface area (Å²) in [6.07, 6.45) is 4.61. The number of hydrogen-bond donors (Lipinski definition) is 2. The fourth-order valence-electron chi connectivity index (χ4n) is 4.01. The van der Waals surface area contributed by atoms with Gasteiger partial charge in [-0.05, 0) is 49.4 Å². The maximum absolute atomic E-state index is 13.1. The monoisotopic (exact) mass is 364 g/mol. The summed E-state index contributed by atoms with van der Waals surface area (Å²) in [5.41, 5.74) is 0.492. The molecule has 2 aliphatic rings. The first-order valence-corrected chi connectivity index (χ1v) is 8.93. The van der Waals surface area contributed by atoms with Gasteiger partial charge in [0, 0.05) is 16.6 Å². The lowest BCUT2D eigenvalue weighted by molar-refractivity contribution is -0.138. The van der Waals surface area contributed by atoms with Gasteiger partial charge in [0.15, 0.2) is 0 Å². The smallest absolute Gasteiger partial charge is 0.322 e. The van der Waals surface area contributed by atoms with Crippen LogP contribution < -0.4 is 5.32 Å². The summed E-state index contributed by atoms with van der Waals surface area (Å²) in [4.78, 5) is 38.0. The molecule has 0 aromatic heterocycles. The maximum Gasteiger partial charge on any atom is 0.322 e. The molecular formula is C18H21ClN2O4. The molecule has 0 radical (unpaired) electrons. The van der Waals surface area contributed by atoms with E-state index < -0.39 is 18.6 Å². The molecule has 7 heteroatoms. The summed E-state index contributed by atoms with van der Waals surface area (Å²) in [6.45, 7) is -0.437. The fraction of sp³-hybridized carbons (Fsp3) is 0.500. The largest absolute Gasteiger partial charge is 0.480 e. The van der Waals surface area contributed by atoms with Gasteiger partial charge in [-0.1, -0.05) is 24.4 Å². The Morgan fingerprint density at radius 3 is 2.52 bits per heavy atom. The first-order valence-electron chi connectivity index (χ1n) is 8.55. The van der Waals surface area contributed by atoms with E-state index in [0.29, 0.717) is 22.9 Å². The molecule has 2 amide bonds. The first-order chi connectivity index (χ1) is 12.0. The molecule has 6 nitrogen and oxygen atoms in total. The van der Waals surface area contributed by atoms with Crippen LogP contribution in [0, 0.1) is 5.92 Å². The van der Waals surface area contributed by atoms with Crippen LogP contribution in [0.25, 0.3) is 0 Å². The van der Waals surface area contributed by atoms with Gasteiger partial charge in [0.2, 0.25) is 5.91 Å². The summed E-state index contributed by atoms with van der Waals surface area (Å²) >= 11 is 5.89. The second-order valence-electron chi connectivity index (χ2n) is 6.69. The topological polar surface area (TPSA) is 86.7 Å². The fourth-order valence-corrected chi connectivity index (χ4v) is 4.13. The molecule has 0 spiro atoms. The molecule has 1 heterocycles. The maximum atomic E-state index is 13.1. The lowest BCUT2D eigenvalue weighted by Crippen LogP contribution is -2.50. The highest BCUT2D eigenvalue weighted by atomic mass is 35.5. The molecule has 1 saturated carbocycles. The molecule has 1 aliphatic carbocycles. The van der Waals surface area contributed by atoms with Crippen LogP contribution in [-0.2, 0) is 9.59 Å². The van der Waals surface area contributed by atoms with Crippen molar-refractivity contribution >= 4 is 29.4 Å². The lowest BCUT2D eigenvalue weighted by atomic mass is 9.84. The van der Waals surface area contributed by atoms with Gasteiger partial charge < -0.3 is 15.3 Å². The average Bonchev–Trinajstić information content (AvgIpc) is 2.99. The normalized spacial score (nSPS) is 25.3. The zero-order valence-corrected chi connectivity index (χ0v) is 14.5. The number of aliphatic carboxylic acids is 1. The number of nitrogens with zero attached hydrogens (tertiary/aromatic N) is 1. The third-order valence-electron chi connectivity index (χ3n) is 5.13. The van der Waals surface area contributed by atoms with Gasteiger partial charge in [-0.2, -0.15) is 0 Å². The van der Waals surface area contributed by atoms with Crippen molar-refractivity contribution in [2.24, 2.45) is 5.92 Å². The molecule has 3 unspecified atom stereocenters. The number of halogens is 1. The molecule has 25 heavy (non-hydrogen) atoms. The summed E-state index contributed by atoms with van der Waals surface area (Å²) in [6, 6.07) is 6.05. The number of hydrogen-bond acceptors (Lipinski definition) is 3. The van der Waals surface area contributed by atoms with Gasteiger partial charge in [-0.25, -0.2) is 0 Å². The van der Waals surface area contributed by atoms with E-state index in [-0.39, 0.29) is 17.9 Å². The number of carboxylic acid groups (broad SMARTS) is 1. The van der Waals surface area contributed by atoms with Crippen LogP contribution in [0.3, 0.4) is 0 Å². The summed E-state index contributed by atoms with van der Waals surface area (Å²) < 4.78 is 0. The van der Waals surface area contributed by atoms with E-state index >= 15 is 0 Å². The Morgan fingerprint density at radius 2 is 1.84 bits per heavy atom.